The maximum absolute atomic E-state index is 2.42. The van der Waals surface area contributed by atoms with Crippen LogP contribution in [0.4, 0.5) is 0 Å². The van der Waals surface area contributed by atoms with Crippen LogP contribution >= 0.6 is 0 Å². The second kappa shape index (κ2) is 8.86. The zero-order valence-electron chi connectivity index (χ0n) is 23.1. The van der Waals surface area contributed by atoms with Crippen LogP contribution in [0.25, 0.3) is 0 Å². The van der Waals surface area contributed by atoms with Crippen molar-refractivity contribution in [2.24, 2.45) is 50.7 Å². The van der Waals surface area contributed by atoms with Crippen molar-refractivity contribution in [3.05, 3.63) is 0 Å². The summed E-state index contributed by atoms with van der Waals surface area (Å²) in [6, 6.07) is 0. The molecule has 0 aromatic heterocycles. The Morgan fingerprint density at radius 3 is 1.17 bits per heavy atom. The highest BCUT2D eigenvalue weighted by Gasteiger charge is 2.61. The van der Waals surface area contributed by atoms with Gasteiger partial charge in [0.1, 0.15) is 0 Å². The fourth-order valence-corrected chi connectivity index (χ4v) is 4.73. The largest absolute Gasteiger partial charge is 0.0623 e. The molecule has 174 valence electrons. The molecule has 0 radical (unpaired) electrons. The molecule has 29 heavy (non-hydrogen) atoms. The topological polar surface area (TPSA) is 0 Å². The van der Waals surface area contributed by atoms with Gasteiger partial charge >= 0.3 is 0 Å². The van der Waals surface area contributed by atoms with E-state index in [1.54, 1.807) is 0 Å². The molecule has 3 atom stereocenters. The molecule has 0 nitrogen and oxygen atoms in total. The van der Waals surface area contributed by atoms with Gasteiger partial charge < -0.3 is 0 Å². The van der Waals surface area contributed by atoms with Crippen LogP contribution in [0.15, 0.2) is 0 Å². The van der Waals surface area contributed by atoms with Gasteiger partial charge in [-0.1, -0.05) is 103 Å². The lowest BCUT2D eigenvalue weighted by Gasteiger charge is -2.68. The fraction of sp³-hybridized carbons (Fsp3) is 1.00. The lowest BCUT2D eigenvalue weighted by atomic mass is 9.37. The van der Waals surface area contributed by atoms with Gasteiger partial charge in [0.05, 0.1) is 0 Å². The first kappa shape index (κ1) is 27.0. The van der Waals surface area contributed by atoms with Crippen LogP contribution < -0.4 is 0 Å². The van der Waals surface area contributed by atoms with Crippen molar-refractivity contribution in [3.8, 4) is 0 Å². The molecule has 0 amide bonds. The summed E-state index contributed by atoms with van der Waals surface area (Å²) in [5, 5.41) is 0. The van der Waals surface area contributed by atoms with Gasteiger partial charge in [-0.25, -0.2) is 0 Å². The van der Waals surface area contributed by atoms with Gasteiger partial charge in [-0.2, -0.15) is 0 Å². The maximum atomic E-state index is 2.42. The second-order valence-electron chi connectivity index (χ2n) is 15.3. The Bertz CT molecular complexity index is 467. The van der Waals surface area contributed by atoms with Crippen LogP contribution in [-0.4, -0.2) is 0 Å². The SMILES string of the molecule is CC(C)(C)C(C)(C)C.CC(C)(C)C12CC(C1)C2.C[C@@H]1CCC(C(C)(C)C)C[C@H]1C. The molecule has 0 N–H and O–H groups in total. The zero-order chi connectivity index (χ0) is 23.1. The van der Waals surface area contributed by atoms with E-state index in [9.17, 15) is 0 Å². The van der Waals surface area contributed by atoms with Crippen molar-refractivity contribution in [3.63, 3.8) is 0 Å². The summed E-state index contributed by atoms with van der Waals surface area (Å²) >= 11 is 0. The Labute approximate surface area is 186 Å². The molecule has 1 unspecified atom stereocenters. The van der Waals surface area contributed by atoms with Crippen LogP contribution in [0.3, 0.4) is 0 Å². The predicted molar refractivity (Wildman–Crippen MR) is 133 cm³/mol. The maximum Gasteiger partial charge on any atom is -0.0241 e. The predicted octanol–water partition coefficient (Wildman–Crippen LogP) is 10.0. The van der Waals surface area contributed by atoms with Crippen LogP contribution in [0.1, 0.15) is 135 Å². The first-order valence-corrected chi connectivity index (χ1v) is 12.7. The molecule has 0 saturated heterocycles. The summed E-state index contributed by atoms with van der Waals surface area (Å²) in [5.74, 6) is 4.01. The van der Waals surface area contributed by atoms with Crippen LogP contribution in [0.5, 0.6) is 0 Å². The first-order chi connectivity index (χ1) is 12.7. The second-order valence-corrected chi connectivity index (χ2v) is 15.3. The Morgan fingerprint density at radius 1 is 0.586 bits per heavy atom. The fourth-order valence-electron chi connectivity index (χ4n) is 4.73. The number of rotatable bonds is 0. The molecule has 0 spiro atoms. The van der Waals surface area contributed by atoms with Crippen molar-refractivity contribution >= 4 is 0 Å². The van der Waals surface area contributed by atoms with Gasteiger partial charge in [0.15, 0.2) is 0 Å². The molecule has 4 rings (SSSR count). The van der Waals surface area contributed by atoms with Crippen molar-refractivity contribution in [2.75, 3.05) is 0 Å². The van der Waals surface area contributed by atoms with Crippen molar-refractivity contribution < 1.29 is 0 Å². The highest BCUT2D eigenvalue weighted by molar-refractivity contribution is 5.11. The molecule has 0 aromatic carbocycles. The number of hydrogen-bond acceptors (Lipinski definition) is 0. The van der Waals surface area contributed by atoms with Crippen LogP contribution in [0, 0.1) is 50.7 Å². The van der Waals surface area contributed by atoms with Crippen LogP contribution in [0.2, 0.25) is 0 Å². The Morgan fingerprint density at radius 2 is 1.00 bits per heavy atom. The van der Waals surface area contributed by atoms with E-state index in [0.29, 0.717) is 21.7 Å². The molecule has 4 aliphatic carbocycles. The molecule has 4 fully saturated rings. The summed E-state index contributed by atoms with van der Waals surface area (Å²) in [4.78, 5) is 0. The highest BCUT2D eigenvalue weighted by atomic mass is 14.7. The molecule has 4 aliphatic rings. The zero-order valence-corrected chi connectivity index (χ0v) is 23.1. The van der Waals surface area contributed by atoms with Gasteiger partial charge in [0, 0.05) is 0 Å². The van der Waals surface area contributed by atoms with E-state index in [1.807, 2.05) is 0 Å². The van der Waals surface area contributed by atoms with E-state index in [-0.39, 0.29) is 0 Å². The monoisotopic (exact) mass is 406 g/mol. The molecule has 2 bridgehead atoms. The van der Waals surface area contributed by atoms with E-state index in [2.05, 4.69) is 96.9 Å². The van der Waals surface area contributed by atoms with Crippen molar-refractivity contribution in [1.29, 1.82) is 0 Å². The minimum atomic E-state index is 0.437. The molecule has 0 heteroatoms. The van der Waals surface area contributed by atoms with Gasteiger partial charge in [-0.05, 0) is 82.9 Å². The summed E-state index contributed by atoms with van der Waals surface area (Å²) < 4.78 is 0. The average molecular weight is 407 g/mol. The third-order valence-corrected chi connectivity index (χ3v) is 9.70. The summed E-state index contributed by atoms with van der Waals surface area (Å²) in [6.45, 7) is 32.8. The molecular formula is C29H58. The van der Waals surface area contributed by atoms with E-state index in [4.69, 9.17) is 0 Å². The van der Waals surface area contributed by atoms with Gasteiger partial charge in [0.25, 0.3) is 0 Å². The molecule has 0 aliphatic heterocycles. The van der Waals surface area contributed by atoms with Crippen molar-refractivity contribution in [1.82, 2.24) is 0 Å². The summed E-state index contributed by atoms with van der Waals surface area (Å²) in [7, 11) is 0. The Kier molecular flexibility index (Phi) is 8.26. The minimum Gasteiger partial charge on any atom is -0.0623 e. The summed E-state index contributed by atoms with van der Waals surface area (Å²) in [6.07, 6.45) is 8.96. The van der Waals surface area contributed by atoms with E-state index >= 15 is 0 Å². The molecule has 4 saturated carbocycles. The van der Waals surface area contributed by atoms with Crippen molar-refractivity contribution in [2.45, 2.75) is 135 Å². The normalized spacial score (nSPS) is 34.6. The molecule has 0 heterocycles. The minimum absolute atomic E-state index is 0.437. The van der Waals surface area contributed by atoms with Crippen LogP contribution in [-0.2, 0) is 0 Å². The lowest BCUT2D eigenvalue weighted by Crippen LogP contribution is -2.58. The third-order valence-electron chi connectivity index (χ3n) is 9.70. The molecule has 0 aromatic rings. The standard InChI is InChI=1S/C12H24.C9H16.C8H18/c1-9-6-7-11(8-10(9)2)12(3,4)5;1-8(2,3)9-4-7(5-9)6-9;1-7(2,3)8(4,5)6/h9-11H,6-8H2,1-5H3;7H,4-6H2,1-3H3;1-6H3/t9-,10-,11?;;/m1../s1. The van der Waals surface area contributed by atoms with Gasteiger partial charge in [-0.3, -0.25) is 0 Å². The van der Waals surface area contributed by atoms with Gasteiger partial charge in [0.2, 0.25) is 0 Å². The Balaban J connectivity index is 0.000000223. The Hall–Kier alpha value is 0. The quantitative estimate of drug-likeness (QED) is 0.375. The lowest BCUT2D eigenvalue weighted by molar-refractivity contribution is -0.181. The first-order valence-electron chi connectivity index (χ1n) is 12.7. The summed E-state index contributed by atoms with van der Waals surface area (Å²) in [5.41, 5.74) is 2.81. The molecular weight excluding hydrogens is 348 g/mol. The number of hydrogen-bond donors (Lipinski definition) is 0. The highest BCUT2D eigenvalue weighted by Crippen LogP contribution is 2.71. The van der Waals surface area contributed by atoms with E-state index in [1.165, 1.54) is 38.5 Å². The third kappa shape index (κ3) is 7.00. The van der Waals surface area contributed by atoms with E-state index < -0.39 is 0 Å². The average Bonchev–Trinajstić information content (AvgIpc) is 2.34. The van der Waals surface area contributed by atoms with E-state index in [0.717, 1.165) is 29.1 Å². The smallest absolute Gasteiger partial charge is 0.0241 e. The van der Waals surface area contributed by atoms with Gasteiger partial charge in [-0.15, -0.1) is 0 Å².